The molecule has 1 aromatic carbocycles. The zero-order valence-corrected chi connectivity index (χ0v) is 15.0. The van der Waals surface area contributed by atoms with Gasteiger partial charge in [0.2, 0.25) is 5.91 Å². The third-order valence-corrected chi connectivity index (χ3v) is 4.57. The van der Waals surface area contributed by atoms with Gasteiger partial charge in [-0.2, -0.15) is 13.2 Å². The predicted octanol–water partition coefficient (Wildman–Crippen LogP) is 2.54. The fraction of sp³-hybridized carbons (Fsp3) is 0.556. The summed E-state index contributed by atoms with van der Waals surface area (Å²) in [5.74, 6) is -2.37. The van der Waals surface area contributed by atoms with Crippen molar-refractivity contribution in [3.63, 3.8) is 0 Å². The second kappa shape index (κ2) is 8.96. The second-order valence-corrected chi connectivity index (χ2v) is 6.56. The number of hydrogen-bond acceptors (Lipinski definition) is 4. The lowest BCUT2D eigenvalue weighted by atomic mass is 9.80. The van der Waals surface area contributed by atoms with E-state index in [1.54, 1.807) is 18.2 Å². The first-order valence-electron chi connectivity index (χ1n) is 8.63. The lowest BCUT2D eigenvalue weighted by Gasteiger charge is -2.29. The summed E-state index contributed by atoms with van der Waals surface area (Å²) < 4.78 is 49.0. The molecule has 2 unspecified atom stereocenters. The molecule has 1 fully saturated rings. The van der Waals surface area contributed by atoms with E-state index < -0.39 is 23.9 Å². The van der Waals surface area contributed by atoms with Crippen LogP contribution in [-0.4, -0.2) is 31.7 Å². The first-order valence-corrected chi connectivity index (χ1v) is 8.63. The maximum atomic E-state index is 12.9. The Balaban J connectivity index is 1.93. The number of halogens is 3. The zero-order valence-electron chi connectivity index (χ0n) is 15.0. The van der Waals surface area contributed by atoms with Crippen molar-refractivity contribution in [3.8, 4) is 11.5 Å². The highest BCUT2D eigenvalue weighted by Crippen LogP contribution is 2.40. The first-order chi connectivity index (χ1) is 12.7. The molecule has 0 heterocycles. The van der Waals surface area contributed by atoms with Crippen LogP contribution in [0.3, 0.4) is 0 Å². The van der Waals surface area contributed by atoms with Gasteiger partial charge < -0.3 is 20.5 Å². The van der Waals surface area contributed by atoms with Gasteiger partial charge in [-0.1, -0.05) is 12.5 Å². The minimum absolute atomic E-state index is 0.0806. The normalized spacial score (nSPS) is 20.0. The number of carbonyl (C=O) groups excluding carboxylic acids is 2. The molecule has 2 rings (SSSR count). The molecule has 6 nitrogen and oxygen atoms in total. The number of hydrogen-bond donors (Lipinski definition) is 2. The molecule has 3 N–H and O–H groups in total. The summed E-state index contributed by atoms with van der Waals surface area (Å²) in [7, 11) is 1.42. The van der Waals surface area contributed by atoms with Crippen molar-refractivity contribution in [3.05, 3.63) is 23.8 Å². The Bertz CT molecular complexity index is 679. The van der Waals surface area contributed by atoms with Gasteiger partial charge in [0.15, 0.2) is 18.1 Å². The minimum Gasteiger partial charge on any atom is -0.493 e. The van der Waals surface area contributed by atoms with E-state index >= 15 is 0 Å². The summed E-state index contributed by atoms with van der Waals surface area (Å²) in [5.41, 5.74) is 5.72. The molecule has 1 aliphatic rings. The van der Waals surface area contributed by atoms with Crippen molar-refractivity contribution < 1.29 is 32.2 Å². The van der Waals surface area contributed by atoms with Gasteiger partial charge in [-0.15, -0.1) is 0 Å². The van der Waals surface area contributed by atoms with Gasteiger partial charge in [0.05, 0.1) is 13.0 Å². The molecule has 0 aromatic heterocycles. The van der Waals surface area contributed by atoms with Crippen LogP contribution in [0.2, 0.25) is 0 Å². The number of rotatable bonds is 7. The van der Waals surface area contributed by atoms with Crippen molar-refractivity contribution >= 4 is 11.8 Å². The molecule has 1 aromatic rings. The monoisotopic (exact) mass is 388 g/mol. The molecule has 9 heteroatoms. The van der Waals surface area contributed by atoms with Crippen LogP contribution in [-0.2, 0) is 16.1 Å². The number of ether oxygens (including phenoxy) is 2. The number of carbonyl (C=O) groups is 2. The molecule has 1 aliphatic carbocycles. The Morgan fingerprint density at radius 2 is 2.00 bits per heavy atom. The van der Waals surface area contributed by atoms with Gasteiger partial charge in [0.1, 0.15) is 0 Å². The standard InChI is InChI=1S/C18H23F3N2O4/c1-26-15-7-11(5-6-14(15)27-10-16(22)24)9-23-17(25)12-3-2-4-13(8-12)18(19,20)21/h5-7,12-13H,2-4,8-10H2,1H3,(H2,22,24)(H,23,25). The summed E-state index contributed by atoms with van der Waals surface area (Å²) >= 11 is 0. The van der Waals surface area contributed by atoms with E-state index in [1.807, 2.05) is 0 Å². The van der Waals surface area contributed by atoms with E-state index in [1.165, 1.54) is 7.11 Å². The number of nitrogens with one attached hydrogen (secondary N) is 1. The van der Waals surface area contributed by atoms with Crippen LogP contribution in [0.4, 0.5) is 13.2 Å². The third kappa shape index (κ3) is 6.04. The fourth-order valence-electron chi connectivity index (χ4n) is 3.15. The van der Waals surface area contributed by atoms with Gasteiger partial charge in [-0.05, 0) is 37.0 Å². The van der Waals surface area contributed by atoms with E-state index in [4.69, 9.17) is 15.2 Å². The SMILES string of the molecule is COc1cc(CNC(=O)C2CCCC(C(F)(F)F)C2)ccc1OCC(N)=O. The van der Waals surface area contributed by atoms with Gasteiger partial charge in [-0.3, -0.25) is 9.59 Å². The fourth-order valence-corrected chi connectivity index (χ4v) is 3.15. The molecule has 27 heavy (non-hydrogen) atoms. The molecule has 1 saturated carbocycles. The molecule has 0 bridgehead atoms. The number of alkyl halides is 3. The van der Waals surface area contributed by atoms with Crippen LogP contribution < -0.4 is 20.5 Å². The lowest BCUT2D eigenvalue weighted by Crippen LogP contribution is -2.37. The molecule has 2 amide bonds. The van der Waals surface area contributed by atoms with Gasteiger partial charge in [-0.25, -0.2) is 0 Å². The van der Waals surface area contributed by atoms with Crippen LogP contribution in [0.25, 0.3) is 0 Å². The highest BCUT2D eigenvalue weighted by Gasteiger charge is 2.43. The largest absolute Gasteiger partial charge is 0.493 e. The number of primary amides is 1. The highest BCUT2D eigenvalue weighted by molar-refractivity contribution is 5.78. The second-order valence-electron chi connectivity index (χ2n) is 6.56. The van der Waals surface area contributed by atoms with Crippen molar-refractivity contribution in [1.29, 1.82) is 0 Å². The average molecular weight is 388 g/mol. The molecule has 0 aliphatic heterocycles. The van der Waals surface area contributed by atoms with Crippen molar-refractivity contribution in [1.82, 2.24) is 5.32 Å². The molecule has 2 atom stereocenters. The zero-order chi connectivity index (χ0) is 20.0. The highest BCUT2D eigenvalue weighted by atomic mass is 19.4. The number of benzene rings is 1. The van der Waals surface area contributed by atoms with Crippen LogP contribution in [0.1, 0.15) is 31.2 Å². The van der Waals surface area contributed by atoms with Crippen molar-refractivity contribution in [2.45, 2.75) is 38.4 Å². The first kappa shape index (κ1) is 20.9. The average Bonchev–Trinajstić information content (AvgIpc) is 2.64. The summed E-state index contributed by atoms with van der Waals surface area (Å²) in [5, 5.41) is 2.68. The van der Waals surface area contributed by atoms with Gasteiger partial charge >= 0.3 is 6.18 Å². The Labute approximate surface area is 155 Å². The van der Waals surface area contributed by atoms with E-state index in [0.717, 1.165) is 0 Å². The van der Waals surface area contributed by atoms with Crippen LogP contribution in [0, 0.1) is 11.8 Å². The maximum absolute atomic E-state index is 12.9. The molecule has 0 saturated heterocycles. The van der Waals surface area contributed by atoms with E-state index in [9.17, 15) is 22.8 Å². The topological polar surface area (TPSA) is 90.7 Å². The van der Waals surface area contributed by atoms with E-state index in [2.05, 4.69) is 5.32 Å². The number of methoxy groups -OCH3 is 1. The summed E-state index contributed by atoms with van der Waals surface area (Å²) in [6, 6.07) is 4.86. The molecular weight excluding hydrogens is 365 g/mol. The Kier molecular flexibility index (Phi) is 6.92. The smallest absolute Gasteiger partial charge is 0.391 e. The summed E-state index contributed by atoms with van der Waals surface area (Å²) in [6.07, 6.45) is -3.49. The lowest BCUT2D eigenvalue weighted by molar-refractivity contribution is -0.186. The van der Waals surface area contributed by atoms with E-state index in [0.29, 0.717) is 29.9 Å². The molecular formula is C18H23F3N2O4. The van der Waals surface area contributed by atoms with Crippen molar-refractivity contribution in [2.24, 2.45) is 17.6 Å². The summed E-state index contributed by atoms with van der Waals surface area (Å²) in [4.78, 5) is 23.0. The molecule has 0 radical (unpaired) electrons. The summed E-state index contributed by atoms with van der Waals surface area (Å²) in [6.45, 7) is -0.146. The van der Waals surface area contributed by atoms with Crippen LogP contribution >= 0.6 is 0 Å². The third-order valence-electron chi connectivity index (χ3n) is 4.57. The molecule has 150 valence electrons. The van der Waals surface area contributed by atoms with E-state index in [-0.39, 0.29) is 31.9 Å². The van der Waals surface area contributed by atoms with Gasteiger partial charge in [0, 0.05) is 12.5 Å². The molecule has 0 spiro atoms. The maximum Gasteiger partial charge on any atom is 0.391 e. The Morgan fingerprint density at radius 3 is 2.63 bits per heavy atom. The van der Waals surface area contributed by atoms with Crippen molar-refractivity contribution in [2.75, 3.05) is 13.7 Å². The van der Waals surface area contributed by atoms with Crippen LogP contribution in [0.15, 0.2) is 18.2 Å². The Hall–Kier alpha value is -2.45. The number of amides is 2. The predicted molar refractivity (Wildman–Crippen MR) is 91.0 cm³/mol. The minimum atomic E-state index is -4.26. The van der Waals surface area contributed by atoms with Gasteiger partial charge in [0.25, 0.3) is 5.91 Å². The quantitative estimate of drug-likeness (QED) is 0.751. The van der Waals surface area contributed by atoms with Crippen LogP contribution in [0.5, 0.6) is 11.5 Å². The number of nitrogens with two attached hydrogens (primary N) is 1. The Morgan fingerprint density at radius 1 is 1.26 bits per heavy atom.